The molecule has 0 amide bonds. The van der Waals surface area contributed by atoms with Crippen molar-refractivity contribution in [3.05, 3.63) is 11.6 Å². The monoisotopic (exact) mass is 488 g/mol. The maximum absolute atomic E-state index is 11.5. The van der Waals surface area contributed by atoms with Crippen LogP contribution in [0.3, 0.4) is 0 Å². The Morgan fingerprint density at radius 3 is 2.29 bits per heavy atom. The van der Waals surface area contributed by atoms with Gasteiger partial charge in [0, 0.05) is 5.41 Å². The Kier molecular flexibility index (Phi) is 5.07. The fraction of sp³-hybridized carbons (Fsp3) is 0.933. The van der Waals surface area contributed by atoms with Gasteiger partial charge in [-0.05, 0) is 84.4 Å². The first-order chi connectivity index (χ1) is 16.3. The molecular formula is C30H48O5. The molecule has 5 aliphatic carbocycles. The van der Waals surface area contributed by atoms with Crippen molar-refractivity contribution in [3.8, 4) is 0 Å². The first kappa shape index (κ1) is 24.9. The molecule has 5 heteroatoms. The minimum atomic E-state index is -0.624. The standard InChI is InChI=1S/C30H48O5/c1-25(2)13-18-17-7-8-20-26(3)11-10-21(33)27(4,15-31)19(26)9-12-28(20,5)29(17,6)14-22-30(18,16-32)23(34)24(25)35-22/h7,18-24,31-34H,8-16H2,1-6H3/t18-,19?,20-,21+,22+,23-,24+,26+,27+,28-,29-,30+/m1/s1. The van der Waals surface area contributed by atoms with Gasteiger partial charge in [0.1, 0.15) is 0 Å². The predicted molar refractivity (Wildman–Crippen MR) is 134 cm³/mol. The van der Waals surface area contributed by atoms with E-state index in [-0.39, 0.29) is 53.0 Å². The zero-order chi connectivity index (χ0) is 25.4. The topological polar surface area (TPSA) is 90.2 Å². The van der Waals surface area contributed by atoms with Gasteiger partial charge in [0.15, 0.2) is 0 Å². The molecule has 5 fully saturated rings. The Balaban J connectivity index is 1.47. The average Bonchev–Trinajstić information content (AvgIpc) is 3.05. The highest BCUT2D eigenvalue weighted by molar-refractivity contribution is 5.37. The molecule has 5 nitrogen and oxygen atoms in total. The molecule has 1 unspecified atom stereocenters. The highest BCUT2D eigenvalue weighted by Gasteiger charge is 2.75. The Hall–Kier alpha value is -0.460. The third kappa shape index (κ3) is 2.59. The van der Waals surface area contributed by atoms with E-state index in [0.29, 0.717) is 11.8 Å². The van der Waals surface area contributed by atoms with Gasteiger partial charge >= 0.3 is 0 Å². The van der Waals surface area contributed by atoms with Crippen molar-refractivity contribution < 1.29 is 25.2 Å². The largest absolute Gasteiger partial charge is 0.396 e. The van der Waals surface area contributed by atoms with E-state index in [1.54, 1.807) is 0 Å². The van der Waals surface area contributed by atoms with Gasteiger partial charge in [-0.25, -0.2) is 0 Å². The van der Waals surface area contributed by atoms with Crippen molar-refractivity contribution in [3.63, 3.8) is 0 Å². The number of aliphatic hydroxyl groups excluding tert-OH is 4. The van der Waals surface area contributed by atoms with Crippen LogP contribution in [-0.4, -0.2) is 58.1 Å². The molecule has 0 aromatic carbocycles. The first-order valence-corrected chi connectivity index (χ1v) is 14.2. The summed E-state index contributed by atoms with van der Waals surface area (Å²) in [4.78, 5) is 0. The third-order valence-electron chi connectivity index (χ3n) is 13.8. The molecule has 2 bridgehead atoms. The zero-order valence-electron chi connectivity index (χ0n) is 22.7. The van der Waals surface area contributed by atoms with Gasteiger partial charge in [0.05, 0.1) is 43.0 Å². The lowest BCUT2D eigenvalue weighted by Crippen LogP contribution is -2.68. The van der Waals surface area contributed by atoms with Crippen LogP contribution in [0.1, 0.15) is 86.5 Å². The predicted octanol–water partition coefficient (Wildman–Crippen LogP) is 4.07. The number of aliphatic hydroxyl groups is 4. The number of ether oxygens (including phenoxy) is 1. The highest BCUT2D eigenvalue weighted by Crippen LogP contribution is 2.77. The van der Waals surface area contributed by atoms with Gasteiger partial charge in [-0.1, -0.05) is 53.2 Å². The molecule has 4 saturated carbocycles. The third-order valence-corrected chi connectivity index (χ3v) is 13.8. The van der Waals surface area contributed by atoms with E-state index in [4.69, 9.17) is 4.74 Å². The van der Waals surface area contributed by atoms with Crippen LogP contribution in [0.5, 0.6) is 0 Å². The van der Waals surface area contributed by atoms with Crippen molar-refractivity contribution in [1.82, 2.24) is 0 Å². The lowest BCUT2D eigenvalue weighted by Gasteiger charge is -2.71. The lowest BCUT2D eigenvalue weighted by molar-refractivity contribution is -0.221. The summed E-state index contributed by atoms with van der Waals surface area (Å²) in [5.74, 6) is 0.915. The molecule has 35 heavy (non-hydrogen) atoms. The van der Waals surface area contributed by atoms with Crippen LogP contribution in [0, 0.1) is 50.2 Å². The molecule has 0 aromatic heterocycles. The maximum atomic E-state index is 11.5. The van der Waals surface area contributed by atoms with Crippen LogP contribution in [-0.2, 0) is 4.74 Å². The molecule has 4 N–H and O–H groups in total. The normalized spacial score (nSPS) is 60.3. The van der Waals surface area contributed by atoms with Crippen LogP contribution in [0.2, 0.25) is 0 Å². The number of hydrogen-bond donors (Lipinski definition) is 4. The Bertz CT molecular complexity index is 945. The summed E-state index contributed by atoms with van der Waals surface area (Å²) in [5, 5.41) is 43.7. The maximum Gasteiger partial charge on any atom is 0.0916 e. The van der Waals surface area contributed by atoms with E-state index in [9.17, 15) is 20.4 Å². The molecule has 198 valence electrons. The average molecular weight is 489 g/mol. The zero-order valence-corrected chi connectivity index (χ0v) is 22.7. The molecule has 1 heterocycles. The van der Waals surface area contributed by atoms with Crippen LogP contribution in [0.15, 0.2) is 11.6 Å². The molecule has 1 saturated heterocycles. The van der Waals surface area contributed by atoms with E-state index in [1.807, 2.05) is 0 Å². The van der Waals surface area contributed by atoms with Crippen LogP contribution in [0.4, 0.5) is 0 Å². The Labute approximate surface area is 211 Å². The van der Waals surface area contributed by atoms with Crippen LogP contribution in [0.25, 0.3) is 0 Å². The summed E-state index contributed by atoms with van der Waals surface area (Å²) in [6.45, 7) is 14.0. The van der Waals surface area contributed by atoms with E-state index in [2.05, 4.69) is 47.6 Å². The molecule has 1 aliphatic heterocycles. The molecule has 0 aromatic rings. The summed E-state index contributed by atoms with van der Waals surface area (Å²) in [6.07, 6.45) is 7.78. The van der Waals surface area contributed by atoms with E-state index in [1.165, 1.54) is 5.57 Å². The van der Waals surface area contributed by atoms with Crippen molar-refractivity contribution in [2.75, 3.05) is 13.2 Å². The minimum absolute atomic E-state index is 0.0177. The summed E-state index contributed by atoms with van der Waals surface area (Å²) in [5.41, 5.74) is 0.390. The van der Waals surface area contributed by atoms with Crippen molar-refractivity contribution in [1.29, 1.82) is 0 Å². The fourth-order valence-corrected chi connectivity index (χ4v) is 11.5. The molecule has 12 atom stereocenters. The van der Waals surface area contributed by atoms with Gasteiger partial charge in [-0.15, -0.1) is 0 Å². The summed E-state index contributed by atoms with van der Waals surface area (Å²) < 4.78 is 6.71. The smallest absolute Gasteiger partial charge is 0.0916 e. The van der Waals surface area contributed by atoms with Gasteiger partial charge < -0.3 is 25.2 Å². The molecular weight excluding hydrogens is 440 g/mol. The number of allylic oxidation sites excluding steroid dienone is 2. The lowest BCUT2D eigenvalue weighted by atomic mass is 9.33. The van der Waals surface area contributed by atoms with Gasteiger partial charge in [0.2, 0.25) is 0 Å². The van der Waals surface area contributed by atoms with Gasteiger partial charge in [-0.3, -0.25) is 0 Å². The van der Waals surface area contributed by atoms with Gasteiger partial charge in [0.25, 0.3) is 0 Å². The first-order valence-electron chi connectivity index (χ1n) is 14.2. The summed E-state index contributed by atoms with van der Waals surface area (Å²) in [7, 11) is 0. The molecule has 0 spiro atoms. The van der Waals surface area contributed by atoms with Crippen molar-refractivity contribution >= 4 is 0 Å². The highest BCUT2D eigenvalue weighted by atomic mass is 16.5. The number of rotatable bonds is 2. The Morgan fingerprint density at radius 2 is 1.63 bits per heavy atom. The fourth-order valence-electron chi connectivity index (χ4n) is 11.5. The second-order valence-corrected chi connectivity index (χ2v) is 15.2. The second kappa shape index (κ2) is 7.14. The molecule has 6 rings (SSSR count). The van der Waals surface area contributed by atoms with E-state index >= 15 is 0 Å². The number of hydrogen-bond acceptors (Lipinski definition) is 5. The SMILES string of the molecule is CC1(C)C[C@@H]2C3=CC[C@@H]4[C@@]5(C)CC[C@H](O)[C@@](C)(CO)C5CC[C@@]4(C)[C@]3(C)C[C@@H]3O[C@H]1[C@@H](O)[C@]32CO. The Morgan fingerprint density at radius 1 is 0.914 bits per heavy atom. The minimum Gasteiger partial charge on any atom is -0.396 e. The van der Waals surface area contributed by atoms with Crippen LogP contribution < -0.4 is 0 Å². The number of fused-ring (bicyclic) bond motifs is 7. The van der Waals surface area contributed by atoms with E-state index < -0.39 is 23.0 Å². The summed E-state index contributed by atoms with van der Waals surface area (Å²) in [6, 6.07) is 0. The van der Waals surface area contributed by atoms with Gasteiger partial charge in [-0.2, -0.15) is 0 Å². The van der Waals surface area contributed by atoms with Crippen molar-refractivity contribution in [2.45, 2.75) is 111 Å². The second-order valence-electron chi connectivity index (χ2n) is 15.2. The van der Waals surface area contributed by atoms with E-state index in [0.717, 1.165) is 44.9 Å². The molecule has 0 radical (unpaired) electrons. The quantitative estimate of drug-likeness (QED) is 0.440. The summed E-state index contributed by atoms with van der Waals surface area (Å²) >= 11 is 0. The van der Waals surface area contributed by atoms with Crippen molar-refractivity contribution in [2.24, 2.45) is 50.2 Å². The van der Waals surface area contributed by atoms with Crippen LogP contribution >= 0.6 is 0 Å². The molecule has 6 aliphatic rings.